The van der Waals surface area contributed by atoms with Gasteiger partial charge in [0.15, 0.2) is 0 Å². The topological polar surface area (TPSA) is 64.6 Å². The Bertz CT molecular complexity index is 919. The molecule has 0 radical (unpaired) electrons. The van der Waals surface area contributed by atoms with Crippen LogP contribution in [0, 0.1) is 46.3 Å². The number of ether oxygens (including phenoxy) is 2. The minimum absolute atomic E-state index is 0.0924. The van der Waals surface area contributed by atoms with Crippen molar-refractivity contribution in [2.45, 2.75) is 138 Å². The average Bonchev–Trinajstić information content (AvgIpc) is 3.19. The molecule has 0 aromatic carbocycles. The van der Waals surface area contributed by atoms with Gasteiger partial charge in [-0.3, -0.25) is 4.79 Å². The van der Waals surface area contributed by atoms with E-state index in [0.29, 0.717) is 5.41 Å². The van der Waals surface area contributed by atoms with Crippen LogP contribution in [0.5, 0.6) is 0 Å². The Morgan fingerprint density at radius 3 is 2.46 bits per heavy atom. The highest BCUT2D eigenvalue weighted by molar-refractivity contribution is 5.78. The molecule has 4 unspecified atom stereocenters. The van der Waals surface area contributed by atoms with E-state index in [1.54, 1.807) is 20.8 Å². The Kier molecular flexibility index (Phi) is 9.18. The molecule has 0 aromatic heterocycles. The zero-order valence-corrected chi connectivity index (χ0v) is 26.2. The zero-order chi connectivity index (χ0) is 28.6. The van der Waals surface area contributed by atoms with Crippen LogP contribution in [0.15, 0.2) is 11.6 Å². The molecule has 39 heavy (non-hydrogen) atoms. The van der Waals surface area contributed by atoms with Gasteiger partial charge in [-0.15, -0.1) is 0 Å². The van der Waals surface area contributed by atoms with Crippen molar-refractivity contribution in [1.29, 1.82) is 0 Å². The highest BCUT2D eigenvalue weighted by Gasteiger charge is 2.59. The standard InChI is InChI=1S/C34H57NO4/c1-22(2)10-9-11-23(3)27-14-15-28-26-13-12-24-20-25(38-30(36)21-35-31(37)39-32(4,5)6)16-18-33(24,7)29(26)17-19-34(27,28)8/h12,22-23,25-29H,9-11,13-21H2,1-8H3,(H,35,37)/t23-,25?,26?,27-,28?,29?,33+,34-/m1/s1. The van der Waals surface area contributed by atoms with Crippen molar-refractivity contribution in [3.8, 4) is 0 Å². The lowest BCUT2D eigenvalue weighted by molar-refractivity contribution is -0.150. The van der Waals surface area contributed by atoms with E-state index in [9.17, 15) is 9.59 Å². The SMILES string of the molecule is CC(C)CCC[C@@H](C)[C@H]1CCC2C3CC=C4CC(OC(=O)CNC(=O)OC(C)(C)C)CC[C@]4(C)C3CC[C@@]21C. The Balaban J connectivity index is 1.34. The highest BCUT2D eigenvalue weighted by atomic mass is 16.6. The number of amides is 1. The van der Waals surface area contributed by atoms with Gasteiger partial charge in [0.05, 0.1) is 0 Å². The molecule has 4 rings (SSSR count). The van der Waals surface area contributed by atoms with Crippen molar-refractivity contribution in [2.75, 3.05) is 6.54 Å². The minimum atomic E-state index is -0.588. The van der Waals surface area contributed by atoms with Crippen LogP contribution in [0.4, 0.5) is 4.79 Å². The summed E-state index contributed by atoms with van der Waals surface area (Å²) in [5.74, 6) is 4.60. The summed E-state index contributed by atoms with van der Waals surface area (Å²) in [5.41, 5.74) is 1.68. The molecule has 222 valence electrons. The summed E-state index contributed by atoms with van der Waals surface area (Å²) in [6, 6.07) is 0. The monoisotopic (exact) mass is 543 g/mol. The molecule has 0 saturated heterocycles. The number of carbonyl (C=O) groups excluding carboxylic acids is 2. The number of nitrogens with one attached hydrogen (secondary N) is 1. The van der Waals surface area contributed by atoms with Gasteiger partial charge in [-0.05, 0) is 112 Å². The number of carbonyl (C=O) groups is 2. The second-order valence-electron chi connectivity index (χ2n) is 15.5. The number of alkyl carbamates (subject to hydrolysis) is 1. The third-order valence-corrected chi connectivity index (χ3v) is 11.3. The summed E-state index contributed by atoms with van der Waals surface area (Å²) >= 11 is 0. The van der Waals surface area contributed by atoms with E-state index in [0.717, 1.165) is 54.8 Å². The van der Waals surface area contributed by atoms with Crippen molar-refractivity contribution < 1.29 is 19.1 Å². The maximum atomic E-state index is 12.5. The summed E-state index contributed by atoms with van der Waals surface area (Å²) in [6.07, 6.45) is 15.6. The maximum absolute atomic E-state index is 12.5. The first kappa shape index (κ1) is 30.4. The maximum Gasteiger partial charge on any atom is 0.408 e. The summed E-state index contributed by atoms with van der Waals surface area (Å²) < 4.78 is 11.1. The van der Waals surface area contributed by atoms with E-state index in [1.165, 1.54) is 56.9 Å². The van der Waals surface area contributed by atoms with Crippen LogP contribution < -0.4 is 5.32 Å². The molecule has 3 saturated carbocycles. The lowest BCUT2D eigenvalue weighted by Crippen LogP contribution is -2.51. The van der Waals surface area contributed by atoms with Crippen LogP contribution in [0.1, 0.15) is 126 Å². The summed E-state index contributed by atoms with van der Waals surface area (Å²) in [7, 11) is 0. The fourth-order valence-corrected chi connectivity index (χ4v) is 9.44. The largest absolute Gasteiger partial charge is 0.461 e. The third kappa shape index (κ3) is 6.70. The molecule has 1 N–H and O–H groups in total. The molecule has 0 aliphatic heterocycles. The molecular formula is C34H57NO4. The molecule has 0 heterocycles. The van der Waals surface area contributed by atoms with Gasteiger partial charge in [0.1, 0.15) is 18.2 Å². The first-order chi connectivity index (χ1) is 18.2. The first-order valence-corrected chi connectivity index (χ1v) is 16.1. The van der Waals surface area contributed by atoms with Crippen molar-refractivity contribution >= 4 is 12.1 Å². The molecule has 0 spiro atoms. The van der Waals surface area contributed by atoms with Gasteiger partial charge in [-0.25, -0.2) is 4.79 Å². The molecular weight excluding hydrogens is 486 g/mol. The van der Waals surface area contributed by atoms with Gasteiger partial charge < -0.3 is 14.8 Å². The number of hydrogen-bond donors (Lipinski definition) is 1. The molecule has 4 aliphatic rings. The second-order valence-corrected chi connectivity index (χ2v) is 15.5. The minimum Gasteiger partial charge on any atom is -0.461 e. The van der Waals surface area contributed by atoms with Crippen LogP contribution in [0.2, 0.25) is 0 Å². The third-order valence-electron chi connectivity index (χ3n) is 11.3. The van der Waals surface area contributed by atoms with Crippen LogP contribution in [0.3, 0.4) is 0 Å². The van der Waals surface area contributed by atoms with E-state index >= 15 is 0 Å². The van der Waals surface area contributed by atoms with Crippen molar-refractivity contribution in [3.63, 3.8) is 0 Å². The Morgan fingerprint density at radius 2 is 1.77 bits per heavy atom. The summed E-state index contributed by atoms with van der Waals surface area (Å²) in [5, 5.41) is 2.53. The fourth-order valence-electron chi connectivity index (χ4n) is 9.44. The normalized spacial score (nSPS) is 36.7. The summed E-state index contributed by atoms with van der Waals surface area (Å²) in [4.78, 5) is 24.4. The number of esters is 1. The van der Waals surface area contributed by atoms with Crippen LogP contribution in [-0.4, -0.2) is 30.3 Å². The molecule has 8 atom stereocenters. The van der Waals surface area contributed by atoms with E-state index in [1.807, 2.05) is 0 Å². The van der Waals surface area contributed by atoms with Crippen molar-refractivity contribution in [3.05, 3.63) is 11.6 Å². The van der Waals surface area contributed by atoms with Gasteiger partial charge in [0, 0.05) is 6.42 Å². The zero-order valence-electron chi connectivity index (χ0n) is 26.2. The van der Waals surface area contributed by atoms with Gasteiger partial charge in [-0.2, -0.15) is 0 Å². The molecule has 4 aliphatic carbocycles. The molecule has 0 bridgehead atoms. The highest BCUT2D eigenvalue weighted by Crippen LogP contribution is 2.67. The van der Waals surface area contributed by atoms with E-state index in [2.05, 4.69) is 46.0 Å². The van der Waals surface area contributed by atoms with Crippen LogP contribution in [-0.2, 0) is 14.3 Å². The first-order valence-electron chi connectivity index (χ1n) is 16.1. The lowest BCUT2D eigenvalue weighted by atomic mass is 9.47. The predicted molar refractivity (Wildman–Crippen MR) is 157 cm³/mol. The molecule has 5 nitrogen and oxygen atoms in total. The molecule has 1 amide bonds. The van der Waals surface area contributed by atoms with Gasteiger partial charge in [-0.1, -0.05) is 65.5 Å². The Morgan fingerprint density at radius 1 is 1.03 bits per heavy atom. The predicted octanol–water partition coefficient (Wildman–Crippen LogP) is 8.46. The smallest absolute Gasteiger partial charge is 0.408 e. The number of allylic oxidation sites excluding steroid dienone is 1. The van der Waals surface area contributed by atoms with Gasteiger partial charge in [0.25, 0.3) is 0 Å². The molecule has 0 aromatic rings. The van der Waals surface area contributed by atoms with Crippen molar-refractivity contribution in [1.82, 2.24) is 5.32 Å². The van der Waals surface area contributed by atoms with Crippen LogP contribution in [0.25, 0.3) is 0 Å². The fraction of sp³-hybridized carbons (Fsp3) is 0.882. The average molecular weight is 544 g/mol. The number of fused-ring (bicyclic) bond motifs is 5. The lowest BCUT2D eigenvalue weighted by Gasteiger charge is -2.58. The second kappa shape index (κ2) is 11.8. The number of rotatable bonds is 8. The van der Waals surface area contributed by atoms with Crippen LogP contribution >= 0.6 is 0 Å². The van der Waals surface area contributed by atoms with Crippen molar-refractivity contribution in [2.24, 2.45) is 46.3 Å². The van der Waals surface area contributed by atoms with Gasteiger partial charge in [0.2, 0.25) is 0 Å². The molecule has 5 heteroatoms. The Labute approximate surface area is 238 Å². The molecule has 3 fully saturated rings. The van der Waals surface area contributed by atoms with E-state index in [4.69, 9.17) is 9.47 Å². The summed E-state index contributed by atoms with van der Waals surface area (Å²) in [6.45, 7) is 17.7. The van der Waals surface area contributed by atoms with E-state index in [-0.39, 0.29) is 24.0 Å². The Hall–Kier alpha value is -1.52. The van der Waals surface area contributed by atoms with E-state index < -0.39 is 11.7 Å². The van der Waals surface area contributed by atoms with Gasteiger partial charge >= 0.3 is 12.1 Å². The number of hydrogen-bond acceptors (Lipinski definition) is 4. The quantitative estimate of drug-likeness (QED) is 0.246.